The lowest BCUT2D eigenvalue weighted by molar-refractivity contribution is 0.0911. The number of hydrogen-bond acceptors (Lipinski definition) is 3. The summed E-state index contributed by atoms with van der Waals surface area (Å²) < 4.78 is 0.249. The highest BCUT2D eigenvalue weighted by molar-refractivity contribution is 6.48. The summed E-state index contributed by atoms with van der Waals surface area (Å²) in [6.07, 6.45) is -0.777. The Labute approximate surface area is 149 Å². The van der Waals surface area contributed by atoms with Crippen LogP contribution in [0.25, 0.3) is 11.0 Å². The van der Waals surface area contributed by atoms with Gasteiger partial charge in [-0.15, -0.1) is 5.10 Å². The van der Waals surface area contributed by atoms with Gasteiger partial charge in [0, 0.05) is 5.56 Å². The quantitative estimate of drug-likeness (QED) is 0.716. The van der Waals surface area contributed by atoms with Crippen LogP contribution in [0.15, 0.2) is 48.5 Å². The number of carbonyl (C=O) groups is 1. The maximum absolute atomic E-state index is 12.6. The molecule has 3 rings (SSSR count). The zero-order valence-electron chi connectivity index (χ0n) is 13.2. The molecule has 2 aromatic carbocycles. The minimum atomic E-state index is -1.28. The highest BCUT2D eigenvalue weighted by Gasteiger charge is 2.35. The van der Waals surface area contributed by atoms with Crippen molar-refractivity contribution in [2.45, 2.75) is 24.3 Å². The number of carbonyl (C=O) groups excluding carboxylic acids is 1. The number of halogens is 2. The molecule has 1 unspecified atom stereocenters. The van der Waals surface area contributed by atoms with Crippen LogP contribution in [-0.4, -0.2) is 25.2 Å². The van der Waals surface area contributed by atoms with Crippen LogP contribution < -0.4 is 5.32 Å². The van der Waals surface area contributed by atoms with Crippen molar-refractivity contribution in [3.05, 3.63) is 59.7 Å². The minimum absolute atomic E-state index is 0.282. The molecule has 0 saturated heterocycles. The fourth-order valence-electron chi connectivity index (χ4n) is 2.47. The highest BCUT2D eigenvalue weighted by Crippen LogP contribution is 2.33. The van der Waals surface area contributed by atoms with E-state index in [0.29, 0.717) is 11.1 Å². The molecule has 3 aromatic rings. The summed E-state index contributed by atoms with van der Waals surface area (Å²) >= 11 is 12.6. The first-order valence-corrected chi connectivity index (χ1v) is 8.17. The van der Waals surface area contributed by atoms with Gasteiger partial charge in [0.25, 0.3) is 5.91 Å². The predicted octanol–water partition coefficient (Wildman–Crippen LogP) is 3.86. The maximum Gasteiger partial charge on any atom is 0.253 e. The van der Waals surface area contributed by atoms with E-state index in [0.717, 1.165) is 11.1 Å². The first-order valence-electron chi connectivity index (χ1n) is 7.41. The normalized spacial score (nSPS) is 13.0. The molecule has 1 atom stereocenters. The molecule has 0 spiro atoms. The molecular weight excluding hydrogens is 347 g/mol. The van der Waals surface area contributed by atoms with E-state index < -0.39 is 10.5 Å². The first-order chi connectivity index (χ1) is 11.4. The first kappa shape index (κ1) is 16.7. The van der Waals surface area contributed by atoms with Crippen LogP contribution in [0.5, 0.6) is 0 Å². The van der Waals surface area contributed by atoms with Gasteiger partial charge in [-0.1, -0.05) is 58.2 Å². The van der Waals surface area contributed by atoms with Gasteiger partial charge in [-0.2, -0.15) is 0 Å². The van der Waals surface area contributed by atoms with Crippen LogP contribution in [0, 0.1) is 6.92 Å². The topological polar surface area (TPSA) is 59.8 Å². The molecule has 5 nitrogen and oxygen atoms in total. The Morgan fingerprint density at radius 3 is 2.67 bits per heavy atom. The number of aryl methyl sites for hydroxylation is 1. The van der Waals surface area contributed by atoms with E-state index in [2.05, 4.69) is 15.6 Å². The van der Waals surface area contributed by atoms with Gasteiger partial charge in [-0.3, -0.25) is 4.79 Å². The summed E-state index contributed by atoms with van der Waals surface area (Å²) in [5.74, 6) is -0.282. The average Bonchev–Trinajstić information content (AvgIpc) is 2.95. The van der Waals surface area contributed by atoms with Crippen LogP contribution in [-0.2, 0) is 0 Å². The molecule has 1 amide bonds. The Morgan fingerprint density at radius 2 is 1.96 bits per heavy atom. The molecule has 0 fully saturated rings. The Kier molecular flexibility index (Phi) is 4.47. The lowest BCUT2D eigenvalue weighted by atomic mass is 10.1. The van der Waals surface area contributed by atoms with E-state index in [1.807, 2.05) is 43.3 Å². The molecule has 0 bridgehead atoms. The number of fused-ring (bicyclic) bond motifs is 1. The zero-order chi connectivity index (χ0) is 17.3. The van der Waals surface area contributed by atoms with E-state index in [-0.39, 0.29) is 5.91 Å². The van der Waals surface area contributed by atoms with E-state index in [1.54, 1.807) is 19.1 Å². The summed E-state index contributed by atoms with van der Waals surface area (Å²) in [6, 6.07) is 14.7. The summed E-state index contributed by atoms with van der Waals surface area (Å²) in [4.78, 5) is 12.6. The summed E-state index contributed by atoms with van der Waals surface area (Å²) in [5, 5.41) is 11.1. The zero-order valence-corrected chi connectivity index (χ0v) is 14.7. The molecule has 0 aliphatic rings. The van der Waals surface area contributed by atoms with Crippen LogP contribution in [0.4, 0.5) is 0 Å². The summed E-state index contributed by atoms with van der Waals surface area (Å²) in [6.45, 7) is 3.53. The number of para-hydroxylation sites is 1. The third-order valence-corrected chi connectivity index (χ3v) is 4.06. The maximum atomic E-state index is 12.6. The van der Waals surface area contributed by atoms with E-state index >= 15 is 0 Å². The SMILES string of the molecule is Cc1cccc(C(=O)NC(n2nnc3ccccc32)C(C)(Cl)Cl)c1. The monoisotopic (exact) mass is 362 g/mol. The van der Waals surface area contributed by atoms with Gasteiger partial charge in [0.1, 0.15) is 5.52 Å². The molecule has 0 saturated carbocycles. The van der Waals surface area contributed by atoms with Crippen LogP contribution in [0.2, 0.25) is 0 Å². The number of benzene rings is 2. The molecule has 1 heterocycles. The molecule has 124 valence electrons. The van der Waals surface area contributed by atoms with Gasteiger partial charge in [-0.05, 0) is 38.1 Å². The smallest absolute Gasteiger partial charge is 0.253 e. The number of rotatable bonds is 4. The molecule has 1 aromatic heterocycles. The second-order valence-corrected chi connectivity index (χ2v) is 7.49. The molecule has 0 aliphatic carbocycles. The Hall–Kier alpha value is -2.11. The van der Waals surface area contributed by atoms with E-state index in [9.17, 15) is 4.79 Å². The van der Waals surface area contributed by atoms with Gasteiger partial charge < -0.3 is 5.32 Å². The fraction of sp³-hybridized carbons (Fsp3) is 0.235. The minimum Gasteiger partial charge on any atom is -0.328 e. The van der Waals surface area contributed by atoms with Gasteiger partial charge in [0.05, 0.1) is 5.52 Å². The molecule has 1 N–H and O–H groups in total. The van der Waals surface area contributed by atoms with Crippen LogP contribution in [0.1, 0.15) is 29.0 Å². The average molecular weight is 363 g/mol. The van der Waals surface area contributed by atoms with E-state index in [1.165, 1.54) is 4.68 Å². The van der Waals surface area contributed by atoms with Crippen LogP contribution >= 0.6 is 23.2 Å². The molecule has 7 heteroatoms. The van der Waals surface area contributed by atoms with Crippen molar-refractivity contribution in [2.24, 2.45) is 0 Å². The highest BCUT2D eigenvalue weighted by atomic mass is 35.5. The van der Waals surface area contributed by atoms with Crippen molar-refractivity contribution in [1.29, 1.82) is 0 Å². The lowest BCUT2D eigenvalue weighted by Crippen LogP contribution is -2.42. The number of alkyl halides is 2. The number of nitrogens with one attached hydrogen (secondary N) is 1. The second-order valence-electron chi connectivity index (χ2n) is 5.72. The van der Waals surface area contributed by atoms with Crippen molar-refractivity contribution in [1.82, 2.24) is 20.3 Å². The molecular formula is C17H16Cl2N4O. The fourth-order valence-corrected chi connectivity index (χ4v) is 2.77. The largest absolute Gasteiger partial charge is 0.328 e. The lowest BCUT2D eigenvalue weighted by Gasteiger charge is -2.27. The van der Waals surface area contributed by atoms with Gasteiger partial charge in [0.15, 0.2) is 10.5 Å². The van der Waals surface area contributed by atoms with Crippen molar-refractivity contribution in [3.8, 4) is 0 Å². The molecule has 0 radical (unpaired) electrons. The number of amides is 1. The Morgan fingerprint density at radius 1 is 1.21 bits per heavy atom. The number of hydrogen-bond donors (Lipinski definition) is 1. The number of nitrogens with zero attached hydrogens (tertiary/aromatic N) is 3. The van der Waals surface area contributed by atoms with E-state index in [4.69, 9.17) is 23.2 Å². The van der Waals surface area contributed by atoms with Gasteiger partial charge in [0.2, 0.25) is 0 Å². The van der Waals surface area contributed by atoms with Gasteiger partial charge in [-0.25, -0.2) is 4.68 Å². The third kappa shape index (κ3) is 3.37. The number of aromatic nitrogens is 3. The van der Waals surface area contributed by atoms with Gasteiger partial charge >= 0.3 is 0 Å². The molecule has 24 heavy (non-hydrogen) atoms. The predicted molar refractivity (Wildman–Crippen MR) is 95.3 cm³/mol. The second kappa shape index (κ2) is 6.42. The Bertz CT molecular complexity index is 885. The Balaban J connectivity index is 1.98. The third-order valence-electron chi connectivity index (χ3n) is 3.65. The van der Waals surface area contributed by atoms with Crippen molar-refractivity contribution in [2.75, 3.05) is 0 Å². The van der Waals surface area contributed by atoms with Crippen molar-refractivity contribution in [3.63, 3.8) is 0 Å². The van der Waals surface area contributed by atoms with Crippen LogP contribution in [0.3, 0.4) is 0 Å². The van der Waals surface area contributed by atoms with Crippen molar-refractivity contribution >= 4 is 40.1 Å². The standard InChI is InChI=1S/C17H16Cl2N4O/c1-11-6-5-7-12(10-11)15(24)20-16(17(2,18)19)23-14-9-4-3-8-13(14)21-22-23/h3-10,16H,1-2H3,(H,20,24). The summed E-state index contributed by atoms with van der Waals surface area (Å²) in [5.41, 5.74) is 2.95. The summed E-state index contributed by atoms with van der Waals surface area (Å²) in [7, 11) is 0. The molecule has 0 aliphatic heterocycles. The van der Waals surface area contributed by atoms with Crippen molar-refractivity contribution < 1.29 is 4.79 Å².